The second-order valence-corrected chi connectivity index (χ2v) is 6.74. The Bertz CT molecular complexity index is 392. The maximum atomic E-state index is 6.93. The van der Waals surface area contributed by atoms with Crippen molar-refractivity contribution in [1.82, 2.24) is 0 Å². The molecule has 0 aromatic rings. The molecule has 0 unspecified atom stereocenters. The molecule has 4 aliphatic rings. The van der Waals surface area contributed by atoms with E-state index in [2.05, 4.69) is 0 Å². The van der Waals surface area contributed by atoms with Crippen LogP contribution in [0, 0.1) is 11.3 Å². The van der Waals surface area contributed by atoms with Crippen LogP contribution in [0.25, 0.3) is 0 Å². The Kier molecular flexibility index (Phi) is 2.07. The predicted octanol–water partition coefficient (Wildman–Crippen LogP) is 3.60. The van der Waals surface area contributed by atoms with Crippen molar-refractivity contribution < 1.29 is 9.47 Å². The van der Waals surface area contributed by atoms with Crippen LogP contribution in [-0.2, 0) is 9.47 Å². The lowest BCUT2D eigenvalue weighted by Crippen LogP contribution is -2.27. The van der Waals surface area contributed by atoms with Gasteiger partial charge in [0.15, 0.2) is 0 Å². The van der Waals surface area contributed by atoms with Crippen molar-refractivity contribution in [2.45, 2.75) is 49.8 Å². The zero-order valence-electron chi connectivity index (χ0n) is 10.1. The van der Waals surface area contributed by atoms with Crippen LogP contribution in [-0.4, -0.2) is 18.1 Å². The van der Waals surface area contributed by atoms with Gasteiger partial charge in [-0.3, -0.25) is 0 Å². The highest BCUT2D eigenvalue weighted by Crippen LogP contribution is 2.78. The molecule has 1 heterocycles. The van der Waals surface area contributed by atoms with Crippen molar-refractivity contribution in [3.8, 4) is 0 Å². The van der Waals surface area contributed by atoms with Gasteiger partial charge in [0.2, 0.25) is 0 Å². The van der Waals surface area contributed by atoms with E-state index in [1.165, 1.54) is 32.1 Å². The number of rotatable bonds is 0. The Balaban J connectivity index is 1.69. The molecule has 0 aromatic carbocycles. The Morgan fingerprint density at radius 3 is 2.59 bits per heavy atom. The summed E-state index contributed by atoms with van der Waals surface area (Å²) in [5, 5.41) is 0. The van der Waals surface area contributed by atoms with E-state index < -0.39 is 0 Å². The van der Waals surface area contributed by atoms with Crippen LogP contribution in [0.5, 0.6) is 0 Å². The summed E-state index contributed by atoms with van der Waals surface area (Å²) in [7, 11) is 0. The average molecular weight is 255 g/mol. The first kappa shape index (κ1) is 10.5. The molecular formula is C14H19ClO2. The molecule has 0 bridgehead atoms. The van der Waals surface area contributed by atoms with Gasteiger partial charge in [0, 0.05) is 18.3 Å². The molecule has 3 aliphatic carbocycles. The monoisotopic (exact) mass is 254 g/mol. The minimum atomic E-state index is 0.00690. The maximum absolute atomic E-state index is 6.93. The standard InChI is InChI=1S/C14H19ClO2/c15-14-9-11-10(16-6-7-17-11)8-13(14)5-3-1-2-4-12(13)14/h12H,1-9H2/t12-,13-,14-/m0/s1. The molecule has 17 heavy (non-hydrogen) atoms. The van der Waals surface area contributed by atoms with Crippen molar-refractivity contribution in [3.05, 3.63) is 11.5 Å². The van der Waals surface area contributed by atoms with Gasteiger partial charge in [0.05, 0.1) is 4.87 Å². The smallest absolute Gasteiger partial charge is 0.135 e. The predicted molar refractivity (Wildman–Crippen MR) is 65.8 cm³/mol. The Morgan fingerprint density at radius 2 is 1.76 bits per heavy atom. The first-order chi connectivity index (χ1) is 8.26. The Hall–Kier alpha value is -0.370. The molecule has 0 saturated heterocycles. The third-order valence-corrected chi connectivity index (χ3v) is 6.19. The summed E-state index contributed by atoms with van der Waals surface area (Å²) in [6.07, 6.45) is 8.63. The summed E-state index contributed by atoms with van der Waals surface area (Å²) in [5.74, 6) is 2.89. The van der Waals surface area contributed by atoms with Crippen LogP contribution in [0.15, 0.2) is 11.5 Å². The van der Waals surface area contributed by atoms with Gasteiger partial charge >= 0.3 is 0 Å². The lowest BCUT2D eigenvalue weighted by atomic mass is 9.85. The van der Waals surface area contributed by atoms with Crippen LogP contribution in [0.2, 0.25) is 0 Å². The SMILES string of the molecule is Cl[C@]12CC3=C(C[C@]14CCCCC[C@@H]42)OCCO3. The second-order valence-electron chi connectivity index (χ2n) is 6.07. The lowest BCUT2D eigenvalue weighted by molar-refractivity contribution is 0.0369. The fourth-order valence-corrected chi connectivity index (χ4v) is 5.21. The molecule has 2 saturated carbocycles. The summed E-state index contributed by atoms with van der Waals surface area (Å²) < 4.78 is 11.6. The Labute approximate surface area is 107 Å². The fraction of sp³-hybridized carbons (Fsp3) is 0.857. The van der Waals surface area contributed by atoms with E-state index in [4.69, 9.17) is 21.1 Å². The minimum absolute atomic E-state index is 0.00690. The van der Waals surface area contributed by atoms with Gasteiger partial charge in [-0.1, -0.05) is 19.3 Å². The molecule has 2 fully saturated rings. The third-order valence-electron chi connectivity index (χ3n) is 5.42. The molecular weight excluding hydrogens is 236 g/mol. The van der Waals surface area contributed by atoms with Crippen molar-refractivity contribution in [2.24, 2.45) is 11.3 Å². The molecule has 3 atom stereocenters. The first-order valence-corrected chi connectivity index (χ1v) is 7.31. The molecule has 4 rings (SSSR count). The molecule has 0 N–H and O–H groups in total. The van der Waals surface area contributed by atoms with Gasteiger partial charge in [-0.15, -0.1) is 11.6 Å². The van der Waals surface area contributed by atoms with Crippen molar-refractivity contribution in [1.29, 1.82) is 0 Å². The van der Waals surface area contributed by atoms with Crippen LogP contribution < -0.4 is 0 Å². The van der Waals surface area contributed by atoms with Gasteiger partial charge in [-0.05, 0) is 18.8 Å². The van der Waals surface area contributed by atoms with Gasteiger partial charge < -0.3 is 9.47 Å². The van der Waals surface area contributed by atoms with Crippen LogP contribution in [0.1, 0.15) is 44.9 Å². The topological polar surface area (TPSA) is 18.5 Å². The molecule has 1 spiro atoms. The summed E-state index contributed by atoms with van der Waals surface area (Å²) in [6, 6.07) is 0. The van der Waals surface area contributed by atoms with Crippen molar-refractivity contribution in [2.75, 3.05) is 13.2 Å². The normalized spacial score (nSPS) is 47.9. The van der Waals surface area contributed by atoms with Gasteiger partial charge in [0.25, 0.3) is 0 Å². The molecule has 0 amide bonds. The van der Waals surface area contributed by atoms with Crippen LogP contribution >= 0.6 is 11.6 Å². The highest BCUT2D eigenvalue weighted by atomic mass is 35.5. The number of alkyl halides is 1. The number of ether oxygens (including phenoxy) is 2. The van der Waals surface area contributed by atoms with Crippen LogP contribution in [0.3, 0.4) is 0 Å². The number of hydrogen-bond acceptors (Lipinski definition) is 2. The molecule has 94 valence electrons. The number of fused-ring (bicyclic) bond motifs is 1. The fourth-order valence-electron chi connectivity index (χ4n) is 4.54. The number of hydrogen-bond donors (Lipinski definition) is 0. The van der Waals surface area contributed by atoms with E-state index in [0.717, 1.165) is 31.0 Å². The van der Waals surface area contributed by atoms with Crippen LogP contribution in [0.4, 0.5) is 0 Å². The van der Waals surface area contributed by atoms with Crippen molar-refractivity contribution in [3.63, 3.8) is 0 Å². The lowest BCUT2D eigenvalue weighted by Gasteiger charge is -2.32. The van der Waals surface area contributed by atoms with E-state index in [9.17, 15) is 0 Å². The van der Waals surface area contributed by atoms with Gasteiger partial charge in [-0.2, -0.15) is 0 Å². The third kappa shape index (κ3) is 1.23. The second kappa shape index (κ2) is 3.34. The maximum Gasteiger partial charge on any atom is 0.135 e. The van der Waals surface area contributed by atoms with E-state index in [1.54, 1.807) is 0 Å². The zero-order chi connectivity index (χ0) is 11.5. The van der Waals surface area contributed by atoms with Crippen molar-refractivity contribution >= 4 is 11.6 Å². The van der Waals surface area contributed by atoms with E-state index in [1.807, 2.05) is 0 Å². The molecule has 3 heteroatoms. The first-order valence-electron chi connectivity index (χ1n) is 6.93. The number of allylic oxidation sites excluding steroid dienone is 2. The zero-order valence-corrected chi connectivity index (χ0v) is 10.9. The molecule has 0 aromatic heterocycles. The highest BCUT2D eigenvalue weighted by molar-refractivity contribution is 6.27. The van der Waals surface area contributed by atoms with E-state index in [0.29, 0.717) is 17.9 Å². The Morgan fingerprint density at radius 1 is 1.00 bits per heavy atom. The molecule has 2 nitrogen and oxygen atoms in total. The summed E-state index contributed by atoms with van der Waals surface area (Å²) in [6.45, 7) is 1.42. The highest BCUT2D eigenvalue weighted by Gasteiger charge is 2.76. The molecule has 0 radical (unpaired) electrons. The van der Waals surface area contributed by atoms with Gasteiger partial charge in [-0.25, -0.2) is 0 Å². The van der Waals surface area contributed by atoms with E-state index >= 15 is 0 Å². The average Bonchev–Trinajstić information content (AvgIpc) is 2.91. The minimum Gasteiger partial charge on any atom is -0.491 e. The summed E-state index contributed by atoms with van der Waals surface area (Å²) in [4.78, 5) is 0.00690. The number of halogens is 1. The largest absolute Gasteiger partial charge is 0.491 e. The quantitative estimate of drug-likeness (QED) is 0.615. The van der Waals surface area contributed by atoms with E-state index in [-0.39, 0.29) is 4.87 Å². The van der Waals surface area contributed by atoms with Gasteiger partial charge in [0.1, 0.15) is 24.7 Å². The summed E-state index contributed by atoms with van der Waals surface area (Å²) in [5.41, 5.74) is 0.352. The summed E-state index contributed by atoms with van der Waals surface area (Å²) >= 11 is 6.93. The molecule has 1 aliphatic heterocycles.